The second-order valence-electron chi connectivity index (χ2n) is 14.1. The summed E-state index contributed by atoms with van der Waals surface area (Å²) in [6, 6.07) is 0. The van der Waals surface area contributed by atoms with Crippen LogP contribution in [0.25, 0.3) is 0 Å². The summed E-state index contributed by atoms with van der Waals surface area (Å²) >= 11 is 0. The van der Waals surface area contributed by atoms with Gasteiger partial charge in [0.1, 0.15) is 18.3 Å². The van der Waals surface area contributed by atoms with Crippen LogP contribution in [0.2, 0.25) is 0 Å². The van der Waals surface area contributed by atoms with Gasteiger partial charge in [-0.15, -0.1) is 0 Å². The van der Waals surface area contributed by atoms with Crippen molar-refractivity contribution in [3.05, 3.63) is 34.9 Å². The van der Waals surface area contributed by atoms with Crippen LogP contribution in [0.4, 0.5) is 0 Å². The average molecular weight is 537 g/mol. The molecular weight excluding hydrogens is 496 g/mol. The lowest BCUT2D eigenvalue weighted by molar-refractivity contribution is -0.156. The van der Waals surface area contributed by atoms with Crippen LogP contribution in [0.1, 0.15) is 73.1 Å². The maximum absolute atomic E-state index is 14.2. The highest BCUT2D eigenvalue weighted by molar-refractivity contribution is 5.91. The minimum absolute atomic E-state index is 0.0219. The number of carbonyl (C=O) groups excluding carboxylic acids is 3. The topological polar surface area (TPSA) is 99.1 Å². The molecule has 7 heteroatoms. The summed E-state index contributed by atoms with van der Waals surface area (Å²) in [7, 11) is 0. The monoisotopic (exact) mass is 536 g/mol. The summed E-state index contributed by atoms with van der Waals surface area (Å²) in [5.74, 6) is -1.01. The number of fused-ring (bicyclic) bond motifs is 6. The number of rotatable bonds is 1. The molecule has 3 saturated carbocycles. The fraction of sp³-hybridized carbons (Fsp3) is 0.719. The summed E-state index contributed by atoms with van der Waals surface area (Å²) < 4.78 is 18.3. The van der Waals surface area contributed by atoms with Crippen molar-refractivity contribution < 1.29 is 33.7 Å². The van der Waals surface area contributed by atoms with E-state index in [9.17, 15) is 19.5 Å². The van der Waals surface area contributed by atoms with Gasteiger partial charge in [-0.1, -0.05) is 50.1 Å². The molecule has 5 aliphatic carbocycles. The minimum atomic E-state index is -0.823. The first kappa shape index (κ1) is 25.6. The second kappa shape index (κ2) is 7.86. The van der Waals surface area contributed by atoms with E-state index in [-0.39, 0.29) is 53.8 Å². The number of hydrogen-bond acceptors (Lipinski definition) is 7. The molecule has 12 atom stereocenters. The third kappa shape index (κ3) is 2.90. The fourth-order valence-electron chi connectivity index (χ4n) is 10.7. The average Bonchev–Trinajstić information content (AvgIpc) is 3.44. The van der Waals surface area contributed by atoms with E-state index in [1.54, 1.807) is 0 Å². The zero-order chi connectivity index (χ0) is 27.8. The van der Waals surface area contributed by atoms with Gasteiger partial charge in [0, 0.05) is 41.1 Å². The van der Waals surface area contributed by atoms with Gasteiger partial charge < -0.3 is 19.3 Å². The molecule has 2 aliphatic heterocycles. The normalized spacial score (nSPS) is 51.5. The summed E-state index contributed by atoms with van der Waals surface area (Å²) in [5, 5.41) is 11.1. The number of aliphatic hydroxyl groups is 1. The molecule has 39 heavy (non-hydrogen) atoms. The van der Waals surface area contributed by atoms with Crippen LogP contribution in [0.15, 0.2) is 34.9 Å². The minimum Gasteiger partial charge on any atom is -0.461 e. The second-order valence-corrected chi connectivity index (χ2v) is 14.1. The first-order valence-electron chi connectivity index (χ1n) is 14.7. The highest BCUT2D eigenvalue weighted by Gasteiger charge is 2.79. The fourth-order valence-corrected chi connectivity index (χ4v) is 10.7. The van der Waals surface area contributed by atoms with Crippen LogP contribution in [0.5, 0.6) is 0 Å². The van der Waals surface area contributed by atoms with Gasteiger partial charge in [-0.3, -0.25) is 9.59 Å². The molecule has 0 aromatic carbocycles. The molecule has 2 spiro atoms. The van der Waals surface area contributed by atoms with Gasteiger partial charge in [0.15, 0.2) is 0 Å². The molecule has 2 bridgehead atoms. The van der Waals surface area contributed by atoms with Crippen LogP contribution in [0, 0.1) is 45.8 Å². The number of hydrogen-bond donors (Lipinski definition) is 1. The maximum Gasteiger partial charge on any atom is 0.334 e. The zero-order valence-electron chi connectivity index (χ0n) is 23.6. The van der Waals surface area contributed by atoms with E-state index in [1.807, 2.05) is 0 Å². The Bertz CT molecular complexity index is 1280. The van der Waals surface area contributed by atoms with Crippen molar-refractivity contribution in [1.29, 1.82) is 0 Å². The van der Waals surface area contributed by atoms with Gasteiger partial charge in [-0.2, -0.15) is 0 Å². The van der Waals surface area contributed by atoms with E-state index in [4.69, 9.17) is 14.2 Å². The molecule has 0 amide bonds. The smallest absolute Gasteiger partial charge is 0.334 e. The lowest BCUT2D eigenvalue weighted by atomic mass is 9.53. The molecule has 0 aromatic rings. The third-order valence-electron chi connectivity index (χ3n) is 12.5. The third-order valence-corrected chi connectivity index (χ3v) is 12.5. The van der Waals surface area contributed by atoms with Crippen molar-refractivity contribution in [2.24, 2.45) is 45.8 Å². The molecule has 7 rings (SSSR count). The maximum atomic E-state index is 14.2. The SMILES string of the molecule is C=C1C(=O)O[C@H]2C[C@H](C)[C@@]34C[C@@]5(C(=O)O[C@@H]6C[C@]7(C)C(=C[C@@H]65)C(C)CC[C@H]7O)[C@@H](C(C)=C3C[C@H]12)C4OC(C)=O. The number of esters is 3. The van der Waals surface area contributed by atoms with Gasteiger partial charge in [-0.25, -0.2) is 4.79 Å². The lowest BCUT2D eigenvalue weighted by Crippen LogP contribution is -2.49. The van der Waals surface area contributed by atoms with E-state index in [2.05, 4.69) is 40.3 Å². The van der Waals surface area contributed by atoms with Gasteiger partial charge in [-0.05, 0) is 57.3 Å². The summed E-state index contributed by atoms with van der Waals surface area (Å²) in [6.07, 6.45) is 4.96. The molecule has 210 valence electrons. The summed E-state index contributed by atoms with van der Waals surface area (Å²) in [5.41, 5.74) is 2.34. The van der Waals surface area contributed by atoms with Crippen LogP contribution in [-0.2, 0) is 28.6 Å². The van der Waals surface area contributed by atoms with Crippen molar-refractivity contribution >= 4 is 17.9 Å². The Morgan fingerprint density at radius 1 is 1.15 bits per heavy atom. The van der Waals surface area contributed by atoms with Crippen LogP contribution in [-0.4, -0.2) is 47.4 Å². The number of carbonyl (C=O) groups is 3. The van der Waals surface area contributed by atoms with Gasteiger partial charge >= 0.3 is 17.9 Å². The zero-order valence-corrected chi connectivity index (χ0v) is 23.6. The van der Waals surface area contributed by atoms with E-state index in [1.165, 1.54) is 18.1 Å². The highest BCUT2D eigenvalue weighted by atomic mass is 16.6. The first-order valence-corrected chi connectivity index (χ1v) is 14.7. The van der Waals surface area contributed by atoms with Gasteiger partial charge in [0.25, 0.3) is 0 Å². The Kier molecular flexibility index (Phi) is 5.15. The molecule has 2 heterocycles. The molecule has 1 N–H and O–H groups in total. The summed E-state index contributed by atoms with van der Waals surface area (Å²) in [6.45, 7) is 14.1. The quantitative estimate of drug-likeness (QED) is 0.229. The van der Waals surface area contributed by atoms with Gasteiger partial charge in [0.05, 0.1) is 11.5 Å². The van der Waals surface area contributed by atoms with Crippen LogP contribution < -0.4 is 0 Å². The van der Waals surface area contributed by atoms with E-state index in [0.29, 0.717) is 37.2 Å². The van der Waals surface area contributed by atoms with Crippen molar-refractivity contribution in [3.63, 3.8) is 0 Å². The number of ether oxygens (including phenoxy) is 3. The Hall–Kier alpha value is -2.41. The molecule has 2 unspecified atom stereocenters. The lowest BCUT2D eigenvalue weighted by Gasteiger charge is -2.50. The first-order chi connectivity index (χ1) is 18.4. The largest absolute Gasteiger partial charge is 0.461 e. The molecular formula is C32H40O7. The van der Waals surface area contributed by atoms with Crippen LogP contribution in [0.3, 0.4) is 0 Å². The number of aliphatic hydroxyl groups excluding tert-OH is 1. The van der Waals surface area contributed by atoms with Crippen molar-refractivity contribution in [2.45, 2.75) is 97.6 Å². The molecule has 2 saturated heterocycles. The Morgan fingerprint density at radius 3 is 2.62 bits per heavy atom. The van der Waals surface area contributed by atoms with Gasteiger partial charge in [0.2, 0.25) is 0 Å². The van der Waals surface area contributed by atoms with Crippen molar-refractivity contribution in [1.82, 2.24) is 0 Å². The Labute approximate surface area is 230 Å². The summed E-state index contributed by atoms with van der Waals surface area (Å²) in [4.78, 5) is 39.2. The predicted molar refractivity (Wildman–Crippen MR) is 141 cm³/mol. The standard InChI is InChI=1S/C32H40O7/c1-14-7-8-25(34)30(6)12-24-22(11-20(14)30)32(29(36)39-24)13-31-15(2)9-23-19(16(3)28(35)38-23)10-21(31)17(4)26(32)27(31)37-18(5)33/h11,14-15,19,22-27,34H,3,7-10,12-13H2,1-2,4-6H3/t14?,15-,19+,22-,23-,24+,25+,26-,27?,30+,31-,32-/m0/s1. The van der Waals surface area contributed by atoms with Crippen molar-refractivity contribution in [2.75, 3.05) is 0 Å². The highest BCUT2D eigenvalue weighted by Crippen LogP contribution is 2.76. The molecule has 5 fully saturated rings. The predicted octanol–water partition coefficient (Wildman–Crippen LogP) is 4.44. The van der Waals surface area contributed by atoms with E-state index >= 15 is 0 Å². The van der Waals surface area contributed by atoms with Crippen LogP contribution >= 0.6 is 0 Å². The molecule has 7 nitrogen and oxygen atoms in total. The molecule has 0 aromatic heterocycles. The van der Waals surface area contributed by atoms with E-state index < -0.39 is 28.5 Å². The Morgan fingerprint density at radius 2 is 1.90 bits per heavy atom. The Balaban J connectivity index is 1.39. The molecule has 7 aliphatic rings. The van der Waals surface area contributed by atoms with E-state index in [0.717, 1.165) is 18.4 Å². The molecule has 0 radical (unpaired) electrons. The van der Waals surface area contributed by atoms with Crippen molar-refractivity contribution in [3.8, 4) is 0 Å².